The number of carbonyl (C=O) groups is 2. The molecule has 7 nitrogen and oxygen atoms in total. The van der Waals surface area contributed by atoms with Gasteiger partial charge in [-0.2, -0.15) is 0 Å². The number of amides is 3. The molecule has 1 aromatic heterocycles. The van der Waals surface area contributed by atoms with Crippen molar-refractivity contribution in [2.24, 2.45) is 0 Å². The van der Waals surface area contributed by atoms with Gasteiger partial charge in [0.25, 0.3) is 5.91 Å². The molecule has 31 heavy (non-hydrogen) atoms. The second-order valence-electron chi connectivity index (χ2n) is 9.10. The fourth-order valence-corrected chi connectivity index (χ4v) is 4.15. The van der Waals surface area contributed by atoms with Gasteiger partial charge in [-0.25, -0.2) is 9.78 Å². The molecule has 0 atom stereocenters. The van der Waals surface area contributed by atoms with E-state index in [0.717, 1.165) is 36.4 Å². The van der Waals surface area contributed by atoms with Crippen LogP contribution in [0, 0.1) is 6.92 Å². The van der Waals surface area contributed by atoms with Gasteiger partial charge in [0, 0.05) is 23.0 Å². The monoisotopic (exact) mass is 444 g/mol. The highest BCUT2D eigenvalue weighted by molar-refractivity contribution is 7.09. The summed E-state index contributed by atoms with van der Waals surface area (Å²) in [5.41, 5.74) is 1.35. The van der Waals surface area contributed by atoms with Crippen LogP contribution in [-0.4, -0.2) is 34.5 Å². The molecule has 8 heteroatoms. The Morgan fingerprint density at radius 1 is 1.06 bits per heavy atom. The van der Waals surface area contributed by atoms with Crippen LogP contribution in [0.15, 0.2) is 29.6 Å². The molecule has 0 unspecified atom stereocenters. The molecular weight excluding hydrogens is 412 g/mol. The third-order valence-corrected chi connectivity index (χ3v) is 5.88. The molecule has 1 fully saturated rings. The molecule has 3 N–H and O–H groups in total. The molecule has 1 aliphatic carbocycles. The molecule has 168 valence electrons. The molecule has 1 heterocycles. The first kappa shape index (κ1) is 23.1. The Morgan fingerprint density at radius 2 is 1.68 bits per heavy atom. The summed E-state index contributed by atoms with van der Waals surface area (Å²) in [5.74, 6) is 0.632. The molecule has 1 aliphatic rings. The summed E-state index contributed by atoms with van der Waals surface area (Å²) in [6, 6.07) is 7.95. The average Bonchev–Trinajstić information content (AvgIpc) is 3.17. The summed E-state index contributed by atoms with van der Waals surface area (Å²) in [7, 11) is 0. The summed E-state index contributed by atoms with van der Waals surface area (Å²) in [5, 5.41) is 11.6. The summed E-state index contributed by atoms with van der Waals surface area (Å²) >= 11 is 1.42. The predicted octanol–water partition coefficient (Wildman–Crippen LogP) is 4.17. The summed E-state index contributed by atoms with van der Waals surface area (Å²) in [6.07, 6.45) is 3.35. The van der Waals surface area contributed by atoms with Gasteiger partial charge in [0.2, 0.25) is 0 Å². The normalized spacial score (nSPS) is 18.8. The first-order chi connectivity index (χ1) is 14.7. The predicted molar refractivity (Wildman–Crippen MR) is 123 cm³/mol. The van der Waals surface area contributed by atoms with Gasteiger partial charge in [-0.15, -0.1) is 11.3 Å². The molecule has 0 radical (unpaired) electrons. The van der Waals surface area contributed by atoms with Crippen molar-refractivity contribution in [1.82, 2.24) is 20.9 Å². The lowest BCUT2D eigenvalue weighted by molar-refractivity contribution is 0.0919. The Balaban J connectivity index is 1.41. The van der Waals surface area contributed by atoms with Crippen LogP contribution in [0.3, 0.4) is 0 Å². The molecule has 0 aliphatic heterocycles. The number of aromatic nitrogens is 1. The van der Waals surface area contributed by atoms with Crippen LogP contribution in [0.2, 0.25) is 0 Å². The molecule has 3 rings (SSSR count). The lowest BCUT2D eigenvalue weighted by Crippen LogP contribution is -2.51. The lowest BCUT2D eigenvalue weighted by Gasteiger charge is -2.30. The minimum atomic E-state index is -0.257. The second kappa shape index (κ2) is 10.1. The molecular formula is C23H32N4O3S. The van der Waals surface area contributed by atoms with E-state index in [9.17, 15) is 9.59 Å². The number of benzene rings is 1. The zero-order valence-electron chi connectivity index (χ0n) is 18.7. The molecule has 3 amide bonds. The van der Waals surface area contributed by atoms with E-state index in [4.69, 9.17) is 4.74 Å². The zero-order chi connectivity index (χ0) is 22.4. The minimum absolute atomic E-state index is 0.102. The Kier molecular flexibility index (Phi) is 7.54. The van der Waals surface area contributed by atoms with Crippen LogP contribution in [0.4, 0.5) is 4.79 Å². The Morgan fingerprint density at radius 3 is 2.29 bits per heavy atom. The van der Waals surface area contributed by atoms with Crippen molar-refractivity contribution in [2.45, 2.75) is 77.6 Å². The van der Waals surface area contributed by atoms with Crippen LogP contribution in [0.25, 0.3) is 0 Å². The number of thiazole rings is 1. The fourth-order valence-electron chi connectivity index (χ4n) is 3.46. The summed E-state index contributed by atoms with van der Waals surface area (Å²) in [6.45, 7) is 8.24. The number of carbonyl (C=O) groups excluding carboxylic acids is 2. The Labute approximate surface area is 188 Å². The number of hydrogen-bond donors (Lipinski definition) is 3. The molecule has 0 spiro atoms. The largest absolute Gasteiger partial charge is 0.486 e. The first-order valence-corrected chi connectivity index (χ1v) is 11.6. The number of nitrogens with one attached hydrogen (secondary N) is 3. The third kappa shape index (κ3) is 7.54. The molecule has 1 aromatic carbocycles. The van der Waals surface area contributed by atoms with Gasteiger partial charge >= 0.3 is 6.03 Å². The summed E-state index contributed by atoms with van der Waals surface area (Å²) < 4.78 is 5.74. The highest BCUT2D eigenvalue weighted by Gasteiger charge is 2.25. The number of hydrogen-bond acceptors (Lipinski definition) is 5. The Bertz CT molecular complexity index is 881. The quantitative estimate of drug-likeness (QED) is 0.624. The molecule has 1 saturated carbocycles. The van der Waals surface area contributed by atoms with Crippen molar-refractivity contribution in [3.8, 4) is 5.75 Å². The highest BCUT2D eigenvalue weighted by Crippen LogP contribution is 2.20. The Hall–Kier alpha value is -2.61. The van der Waals surface area contributed by atoms with E-state index in [1.165, 1.54) is 16.9 Å². The molecule has 0 saturated heterocycles. The van der Waals surface area contributed by atoms with Gasteiger partial charge in [0.05, 0.1) is 0 Å². The zero-order valence-corrected chi connectivity index (χ0v) is 19.5. The maximum absolute atomic E-state index is 12.6. The van der Waals surface area contributed by atoms with E-state index in [0.29, 0.717) is 12.3 Å². The lowest BCUT2D eigenvalue weighted by atomic mass is 9.91. The van der Waals surface area contributed by atoms with Crippen LogP contribution in [0.5, 0.6) is 5.75 Å². The van der Waals surface area contributed by atoms with Crippen molar-refractivity contribution in [3.05, 3.63) is 45.9 Å². The smallest absolute Gasteiger partial charge is 0.315 e. The van der Waals surface area contributed by atoms with Crippen LogP contribution >= 0.6 is 11.3 Å². The third-order valence-electron chi connectivity index (χ3n) is 5.05. The van der Waals surface area contributed by atoms with Crippen molar-refractivity contribution in [3.63, 3.8) is 0 Å². The number of urea groups is 1. The molecule has 0 bridgehead atoms. The summed E-state index contributed by atoms with van der Waals surface area (Å²) in [4.78, 5) is 29.0. The van der Waals surface area contributed by atoms with Gasteiger partial charge in [0.15, 0.2) is 0 Å². The van der Waals surface area contributed by atoms with Crippen LogP contribution < -0.4 is 20.7 Å². The maximum atomic E-state index is 12.6. The van der Waals surface area contributed by atoms with Gasteiger partial charge in [-0.1, -0.05) is 17.7 Å². The second-order valence-corrected chi connectivity index (χ2v) is 10.0. The van der Waals surface area contributed by atoms with Gasteiger partial charge in [-0.3, -0.25) is 4.79 Å². The van der Waals surface area contributed by atoms with Crippen LogP contribution in [0.1, 0.15) is 67.5 Å². The minimum Gasteiger partial charge on any atom is -0.486 e. The number of aryl methyl sites for hydroxylation is 1. The van der Waals surface area contributed by atoms with Crippen LogP contribution in [-0.2, 0) is 6.61 Å². The van der Waals surface area contributed by atoms with E-state index in [1.54, 1.807) is 5.38 Å². The van der Waals surface area contributed by atoms with E-state index < -0.39 is 0 Å². The van der Waals surface area contributed by atoms with Gasteiger partial charge < -0.3 is 20.7 Å². The van der Waals surface area contributed by atoms with E-state index in [1.807, 2.05) is 52.0 Å². The van der Waals surface area contributed by atoms with Gasteiger partial charge in [-0.05, 0) is 65.5 Å². The average molecular weight is 445 g/mol. The van der Waals surface area contributed by atoms with E-state index >= 15 is 0 Å². The number of rotatable bonds is 6. The van der Waals surface area contributed by atoms with Crippen molar-refractivity contribution in [2.75, 3.05) is 0 Å². The highest BCUT2D eigenvalue weighted by atomic mass is 32.1. The van der Waals surface area contributed by atoms with E-state index in [2.05, 4.69) is 20.9 Å². The molecule has 2 aromatic rings. The van der Waals surface area contributed by atoms with Gasteiger partial charge in [0.1, 0.15) is 23.1 Å². The standard InChI is InChI=1S/C23H32N4O3S/c1-15-5-11-18(12-6-15)30-13-20-26-19(14-31-20)21(28)24-16-7-9-17(10-8-16)25-22(29)27-23(2,3)4/h5-6,11-12,14,16-17H,7-10,13H2,1-4H3,(H,24,28)(H2,25,27,29). The van der Waals surface area contributed by atoms with Crippen molar-refractivity contribution < 1.29 is 14.3 Å². The SMILES string of the molecule is Cc1ccc(OCc2nc(C(=O)NC3CCC(NC(=O)NC(C)(C)C)CC3)cs2)cc1. The van der Waals surface area contributed by atoms with Crippen molar-refractivity contribution in [1.29, 1.82) is 0 Å². The topological polar surface area (TPSA) is 92.3 Å². The fraction of sp³-hybridized carbons (Fsp3) is 0.522. The van der Waals surface area contributed by atoms with E-state index in [-0.39, 0.29) is 29.6 Å². The van der Waals surface area contributed by atoms with Crippen molar-refractivity contribution >= 4 is 23.3 Å². The first-order valence-electron chi connectivity index (χ1n) is 10.7. The maximum Gasteiger partial charge on any atom is 0.315 e. The number of nitrogens with zero attached hydrogens (tertiary/aromatic N) is 1. The number of ether oxygens (including phenoxy) is 1.